The average Bonchev–Trinajstić information content (AvgIpc) is 2.47. The summed E-state index contributed by atoms with van der Waals surface area (Å²) in [6.07, 6.45) is 0. The molecule has 0 saturated heterocycles. The Morgan fingerprint density at radius 3 is 2.73 bits per heavy atom. The van der Waals surface area contributed by atoms with Gasteiger partial charge in [-0.3, -0.25) is 4.79 Å². The van der Waals surface area contributed by atoms with E-state index in [9.17, 15) is 9.18 Å². The highest BCUT2D eigenvalue weighted by molar-refractivity contribution is 5.98. The Morgan fingerprint density at radius 1 is 1.32 bits per heavy atom. The lowest BCUT2D eigenvalue weighted by Gasteiger charge is -2.13. The van der Waals surface area contributed by atoms with Crippen LogP contribution in [0.15, 0.2) is 30.3 Å². The molecule has 7 heteroatoms. The number of pyridine rings is 1. The molecule has 1 aromatic carbocycles. The number of benzene rings is 1. The highest BCUT2D eigenvalue weighted by atomic mass is 19.1. The van der Waals surface area contributed by atoms with Crippen LogP contribution in [0.2, 0.25) is 0 Å². The van der Waals surface area contributed by atoms with Gasteiger partial charge in [-0.25, -0.2) is 9.37 Å². The molecule has 6 nitrogen and oxygen atoms in total. The number of hydrogen-bond donors (Lipinski definition) is 4. The van der Waals surface area contributed by atoms with Gasteiger partial charge in [-0.1, -0.05) is 12.1 Å². The van der Waals surface area contributed by atoms with Gasteiger partial charge >= 0.3 is 0 Å². The molecule has 116 valence electrons. The topological polar surface area (TPSA) is 106 Å². The van der Waals surface area contributed by atoms with Crippen molar-refractivity contribution >= 4 is 23.2 Å². The molecule has 1 amide bonds. The van der Waals surface area contributed by atoms with Crippen molar-refractivity contribution in [2.75, 3.05) is 23.7 Å². The Bertz CT molecular complexity index is 690. The number of aromatic nitrogens is 1. The molecule has 0 unspecified atom stereocenters. The molecular weight excluding hydrogens is 285 g/mol. The molecule has 0 spiro atoms. The maximum atomic E-state index is 13.9. The second kappa shape index (κ2) is 6.86. The first-order chi connectivity index (χ1) is 10.5. The summed E-state index contributed by atoms with van der Waals surface area (Å²) in [4.78, 5) is 15.6. The van der Waals surface area contributed by atoms with Crippen LogP contribution in [0.5, 0.6) is 0 Å². The Balaban J connectivity index is 2.40. The van der Waals surface area contributed by atoms with Gasteiger partial charge < -0.3 is 22.1 Å². The predicted molar refractivity (Wildman–Crippen MR) is 84.7 cm³/mol. The van der Waals surface area contributed by atoms with Crippen LogP contribution in [-0.4, -0.2) is 24.0 Å². The third-order valence-electron chi connectivity index (χ3n) is 2.96. The molecule has 6 N–H and O–H groups in total. The average molecular weight is 303 g/mol. The van der Waals surface area contributed by atoms with E-state index in [4.69, 9.17) is 11.5 Å². The summed E-state index contributed by atoms with van der Waals surface area (Å²) in [5.41, 5.74) is 12.4. The van der Waals surface area contributed by atoms with Crippen molar-refractivity contribution in [1.29, 1.82) is 0 Å². The largest absolute Gasteiger partial charge is 0.366 e. The van der Waals surface area contributed by atoms with Crippen LogP contribution in [0.4, 0.5) is 21.7 Å². The number of hydrogen-bond acceptors (Lipinski definition) is 5. The zero-order valence-electron chi connectivity index (χ0n) is 12.2. The number of aryl methyl sites for hydroxylation is 1. The first-order valence-corrected chi connectivity index (χ1v) is 6.79. The van der Waals surface area contributed by atoms with Crippen LogP contribution in [0.3, 0.4) is 0 Å². The number of carbonyl (C=O) groups excluding carboxylic acids is 1. The summed E-state index contributed by atoms with van der Waals surface area (Å²) < 4.78 is 13.9. The molecule has 0 saturated carbocycles. The minimum Gasteiger partial charge on any atom is -0.366 e. The molecule has 1 heterocycles. The number of rotatable bonds is 6. The lowest BCUT2D eigenvalue weighted by molar-refractivity contribution is 0.100. The van der Waals surface area contributed by atoms with Crippen molar-refractivity contribution < 1.29 is 9.18 Å². The molecule has 0 aliphatic heterocycles. The van der Waals surface area contributed by atoms with E-state index >= 15 is 0 Å². The van der Waals surface area contributed by atoms with E-state index in [-0.39, 0.29) is 17.2 Å². The number of nitrogens with one attached hydrogen (secondary N) is 2. The second-order valence-corrected chi connectivity index (χ2v) is 4.79. The third-order valence-corrected chi connectivity index (χ3v) is 2.96. The molecular formula is C15H18FN5O. The van der Waals surface area contributed by atoms with Gasteiger partial charge in [-0.2, -0.15) is 0 Å². The fourth-order valence-electron chi connectivity index (χ4n) is 1.95. The first-order valence-electron chi connectivity index (χ1n) is 6.79. The highest BCUT2D eigenvalue weighted by Crippen LogP contribution is 2.24. The van der Waals surface area contributed by atoms with Crippen molar-refractivity contribution in [3.63, 3.8) is 0 Å². The number of amides is 1. The number of carbonyl (C=O) groups is 1. The van der Waals surface area contributed by atoms with Crippen LogP contribution >= 0.6 is 0 Å². The molecule has 22 heavy (non-hydrogen) atoms. The van der Waals surface area contributed by atoms with E-state index < -0.39 is 11.7 Å². The fourth-order valence-corrected chi connectivity index (χ4v) is 1.95. The molecule has 0 aliphatic rings. The number of primary amides is 1. The Kier molecular flexibility index (Phi) is 4.90. The van der Waals surface area contributed by atoms with Gasteiger partial charge in [-0.05, 0) is 30.7 Å². The van der Waals surface area contributed by atoms with Crippen LogP contribution in [0, 0.1) is 12.7 Å². The van der Waals surface area contributed by atoms with E-state index in [1.165, 1.54) is 0 Å². The summed E-state index contributed by atoms with van der Waals surface area (Å²) >= 11 is 0. The summed E-state index contributed by atoms with van der Waals surface area (Å²) in [6, 6.07) is 8.55. The summed E-state index contributed by atoms with van der Waals surface area (Å²) in [5, 5.41) is 5.75. The molecule has 0 bridgehead atoms. The quantitative estimate of drug-likeness (QED) is 0.650. The van der Waals surface area contributed by atoms with Crippen molar-refractivity contribution in [3.05, 3.63) is 47.3 Å². The van der Waals surface area contributed by atoms with E-state index in [0.717, 1.165) is 17.3 Å². The highest BCUT2D eigenvalue weighted by Gasteiger charge is 2.15. The molecule has 0 aliphatic carbocycles. The van der Waals surface area contributed by atoms with E-state index in [2.05, 4.69) is 15.6 Å². The monoisotopic (exact) mass is 303 g/mol. The van der Waals surface area contributed by atoms with Gasteiger partial charge in [0.2, 0.25) is 0 Å². The van der Waals surface area contributed by atoms with Gasteiger partial charge in [0.1, 0.15) is 5.82 Å². The molecule has 1 aromatic heterocycles. The molecule has 0 radical (unpaired) electrons. The Morgan fingerprint density at radius 2 is 2.09 bits per heavy atom. The van der Waals surface area contributed by atoms with Crippen LogP contribution in [-0.2, 0) is 0 Å². The van der Waals surface area contributed by atoms with Crippen molar-refractivity contribution in [3.8, 4) is 0 Å². The van der Waals surface area contributed by atoms with E-state index in [1.54, 1.807) is 0 Å². The summed E-state index contributed by atoms with van der Waals surface area (Å²) in [6.45, 7) is 2.63. The third kappa shape index (κ3) is 3.70. The minimum atomic E-state index is -0.757. The maximum Gasteiger partial charge on any atom is 0.252 e. The maximum absolute atomic E-state index is 13.9. The van der Waals surface area contributed by atoms with E-state index in [1.807, 2.05) is 31.2 Å². The van der Waals surface area contributed by atoms with Crippen LogP contribution in [0.1, 0.15) is 15.9 Å². The Hall–Kier alpha value is -2.67. The van der Waals surface area contributed by atoms with E-state index in [0.29, 0.717) is 13.1 Å². The van der Waals surface area contributed by atoms with Gasteiger partial charge in [-0.15, -0.1) is 0 Å². The van der Waals surface area contributed by atoms with Gasteiger partial charge in [0.05, 0.1) is 5.56 Å². The van der Waals surface area contributed by atoms with Crippen LogP contribution in [0.25, 0.3) is 0 Å². The fraction of sp³-hybridized carbons (Fsp3) is 0.200. The SMILES string of the molecule is Cc1cccc(Nc2nc(NCCN)c(F)cc2C(N)=O)c1. The van der Waals surface area contributed by atoms with Crippen molar-refractivity contribution in [2.24, 2.45) is 11.5 Å². The van der Waals surface area contributed by atoms with Crippen molar-refractivity contribution in [1.82, 2.24) is 4.98 Å². The standard InChI is InChI=1S/C15H18FN5O/c1-9-3-2-4-10(7-9)20-14-11(13(18)22)8-12(16)15(21-14)19-6-5-17/h2-4,7-8H,5-6,17H2,1H3,(H2,18,22)(H2,19,20,21). The van der Waals surface area contributed by atoms with Crippen LogP contribution < -0.4 is 22.1 Å². The molecule has 0 fully saturated rings. The zero-order valence-corrected chi connectivity index (χ0v) is 12.2. The van der Waals surface area contributed by atoms with Crippen molar-refractivity contribution in [2.45, 2.75) is 6.92 Å². The van der Waals surface area contributed by atoms with Gasteiger partial charge in [0, 0.05) is 18.8 Å². The van der Waals surface area contributed by atoms with Gasteiger partial charge in [0.15, 0.2) is 11.6 Å². The number of anilines is 3. The summed E-state index contributed by atoms with van der Waals surface area (Å²) in [7, 11) is 0. The zero-order chi connectivity index (χ0) is 16.1. The minimum absolute atomic E-state index is 0.0164. The predicted octanol–water partition coefficient (Wildman–Crippen LogP) is 1.74. The number of nitrogens with zero attached hydrogens (tertiary/aromatic N) is 1. The lowest BCUT2D eigenvalue weighted by atomic mass is 10.2. The van der Waals surface area contributed by atoms with Gasteiger partial charge in [0.25, 0.3) is 5.91 Å². The number of halogens is 1. The first kappa shape index (κ1) is 15.7. The Labute approximate surface area is 127 Å². The molecule has 0 atom stereocenters. The number of nitrogens with two attached hydrogens (primary N) is 2. The molecule has 2 aromatic rings. The summed E-state index contributed by atoms with van der Waals surface area (Å²) in [5.74, 6) is -1.20. The lowest BCUT2D eigenvalue weighted by Crippen LogP contribution is -2.18. The normalized spacial score (nSPS) is 10.3. The second-order valence-electron chi connectivity index (χ2n) is 4.79. The smallest absolute Gasteiger partial charge is 0.252 e. The molecule has 2 rings (SSSR count).